The minimum absolute atomic E-state index is 0.00112. The van der Waals surface area contributed by atoms with Crippen molar-refractivity contribution in [3.63, 3.8) is 0 Å². The van der Waals surface area contributed by atoms with Gasteiger partial charge >= 0.3 is 0 Å². The number of thiophene rings is 1. The highest BCUT2D eigenvalue weighted by Gasteiger charge is 2.22. The third-order valence-electron chi connectivity index (χ3n) is 2.08. The maximum atomic E-state index is 13.3. The Morgan fingerprint density at radius 1 is 1.44 bits per heavy atom. The highest BCUT2D eigenvalue weighted by molar-refractivity contribution is 7.94. The average Bonchev–Trinajstić information content (AvgIpc) is 2.81. The summed E-state index contributed by atoms with van der Waals surface area (Å²) in [6.45, 7) is 0. The van der Waals surface area contributed by atoms with E-state index in [-0.39, 0.29) is 15.6 Å². The fourth-order valence-electron chi connectivity index (χ4n) is 1.28. The number of aromatic nitrogens is 1. The Hall–Kier alpha value is -1.67. The summed E-state index contributed by atoms with van der Waals surface area (Å²) in [7, 11) is -2.49. The lowest BCUT2D eigenvalue weighted by Crippen LogP contribution is -2.13. The first-order valence-corrected chi connectivity index (χ1v) is 7.14. The third kappa shape index (κ3) is 2.44. The van der Waals surface area contributed by atoms with Crippen LogP contribution in [0.2, 0.25) is 0 Å². The molecule has 2 aromatic heterocycles. The van der Waals surface area contributed by atoms with Crippen LogP contribution < -0.4 is 9.46 Å². The molecule has 2 heterocycles. The molecule has 2 rings (SSSR count). The van der Waals surface area contributed by atoms with E-state index >= 15 is 0 Å². The van der Waals surface area contributed by atoms with Gasteiger partial charge in [0.2, 0.25) is 0 Å². The van der Waals surface area contributed by atoms with E-state index < -0.39 is 15.8 Å². The largest absolute Gasteiger partial charge is 0.494 e. The summed E-state index contributed by atoms with van der Waals surface area (Å²) in [5, 5.41) is 1.58. The molecule has 0 bridgehead atoms. The van der Waals surface area contributed by atoms with Crippen LogP contribution in [-0.4, -0.2) is 20.5 Å². The Kier molecular flexibility index (Phi) is 3.48. The zero-order chi connectivity index (χ0) is 13.2. The predicted molar refractivity (Wildman–Crippen MR) is 65.9 cm³/mol. The van der Waals surface area contributed by atoms with Crippen molar-refractivity contribution in [2.75, 3.05) is 11.8 Å². The van der Waals surface area contributed by atoms with Crippen LogP contribution in [-0.2, 0) is 10.0 Å². The van der Waals surface area contributed by atoms with E-state index in [0.29, 0.717) is 0 Å². The van der Waals surface area contributed by atoms with E-state index in [1.807, 2.05) is 0 Å². The number of methoxy groups -OCH3 is 1. The first-order chi connectivity index (χ1) is 8.54. The van der Waals surface area contributed by atoms with Crippen LogP contribution >= 0.6 is 11.3 Å². The minimum Gasteiger partial charge on any atom is -0.494 e. The fourth-order valence-corrected chi connectivity index (χ4v) is 3.63. The second-order valence-electron chi connectivity index (χ2n) is 3.24. The molecule has 0 fully saturated rings. The third-order valence-corrected chi connectivity index (χ3v) is 4.89. The van der Waals surface area contributed by atoms with Crippen molar-refractivity contribution in [1.82, 2.24) is 4.98 Å². The SMILES string of the molecule is COc1ccsc1S(=O)(=O)Nc1ccncc1F. The van der Waals surface area contributed by atoms with Crippen LogP contribution in [0.25, 0.3) is 0 Å². The van der Waals surface area contributed by atoms with Gasteiger partial charge in [0.15, 0.2) is 10.0 Å². The van der Waals surface area contributed by atoms with Gasteiger partial charge in [0.05, 0.1) is 19.0 Å². The standard InChI is InChI=1S/C10H9FN2O3S2/c1-16-9-3-5-17-10(9)18(14,15)13-8-2-4-12-6-7(8)11/h2-6H,1H3,(H,12,13). The van der Waals surface area contributed by atoms with Gasteiger partial charge in [-0.25, -0.2) is 12.8 Å². The molecular weight excluding hydrogens is 279 g/mol. The van der Waals surface area contributed by atoms with Crippen molar-refractivity contribution < 1.29 is 17.5 Å². The smallest absolute Gasteiger partial charge is 0.275 e. The number of pyridine rings is 1. The molecule has 18 heavy (non-hydrogen) atoms. The molecule has 0 spiro atoms. The summed E-state index contributed by atoms with van der Waals surface area (Å²) in [6.07, 6.45) is 2.23. The molecule has 0 amide bonds. The first-order valence-electron chi connectivity index (χ1n) is 4.78. The van der Waals surface area contributed by atoms with Gasteiger partial charge in [-0.05, 0) is 17.5 Å². The highest BCUT2D eigenvalue weighted by Crippen LogP contribution is 2.31. The molecular formula is C10H9FN2O3S2. The minimum atomic E-state index is -3.86. The number of halogens is 1. The van der Waals surface area contributed by atoms with Gasteiger partial charge in [-0.15, -0.1) is 11.3 Å². The molecule has 0 unspecified atom stereocenters. The molecule has 8 heteroatoms. The molecule has 0 radical (unpaired) electrons. The lowest BCUT2D eigenvalue weighted by Gasteiger charge is -2.08. The van der Waals surface area contributed by atoms with Crippen molar-refractivity contribution in [2.45, 2.75) is 4.21 Å². The highest BCUT2D eigenvalue weighted by atomic mass is 32.2. The van der Waals surface area contributed by atoms with E-state index in [1.54, 1.807) is 5.38 Å². The van der Waals surface area contributed by atoms with Gasteiger partial charge in [-0.1, -0.05) is 0 Å². The lowest BCUT2D eigenvalue weighted by atomic mass is 10.4. The summed E-state index contributed by atoms with van der Waals surface area (Å²) in [5.41, 5.74) is -0.152. The van der Waals surface area contributed by atoms with Crippen LogP contribution in [0.15, 0.2) is 34.1 Å². The summed E-state index contributed by atoms with van der Waals surface area (Å²) < 4.78 is 44.5. The molecule has 0 aliphatic rings. The molecule has 0 aromatic carbocycles. The molecule has 96 valence electrons. The topological polar surface area (TPSA) is 68.3 Å². The number of hydrogen-bond donors (Lipinski definition) is 1. The zero-order valence-electron chi connectivity index (χ0n) is 9.25. The molecule has 2 aromatic rings. The Morgan fingerprint density at radius 2 is 2.22 bits per heavy atom. The normalized spacial score (nSPS) is 11.2. The average molecular weight is 288 g/mol. The van der Waals surface area contributed by atoms with Gasteiger partial charge in [0.25, 0.3) is 10.0 Å². The van der Waals surface area contributed by atoms with E-state index in [0.717, 1.165) is 17.5 Å². The summed E-state index contributed by atoms with van der Waals surface area (Å²) in [4.78, 5) is 3.54. The summed E-state index contributed by atoms with van der Waals surface area (Å²) in [6, 6.07) is 2.77. The van der Waals surface area contributed by atoms with Gasteiger partial charge in [0.1, 0.15) is 5.75 Å². The van der Waals surface area contributed by atoms with Crippen LogP contribution in [0.1, 0.15) is 0 Å². The molecule has 0 saturated heterocycles. The summed E-state index contributed by atoms with van der Waals surface area (Å²) >= 11 is 0.993. The van der Waals surface area contributed by atoms with Crippen molar-refractivity contribution in [1.29, 1.82) is 0 Å². The second-order valence-corrected chi connectivity index (χ2v) is 6.03. The van der Waals surface area contributed by atoms with Gasteiger partial charge < -0.3 is 4.74 Å². The zero-order valence-corrected chi connectivity index (χ0v) is 10.9. The van der Waals surface area contributed by atoms with Crippen molar-refractivity contribution >= 4 is 27.0 Å². The number of anilines is 1. The van der Waals surface area contributed by atoms with E-state index in [1.165, 1.54) is 25.4 Å². The Balaban J connectivity index is 2.37. The van der Waals surface area contributed by atoms with Gasteiger partial charge in [-0.3, -0.25) is 9.71 Å². The Labute approximate surface area is 107 Å². The Bertz CT molecular complexity index is 655. The molecule has 0 aliphatic heterocycles. The molecule has 1 N–H and O–H groups in total. The maximum absolute atomic E-state index is 13.3. The number of sulfonamides is 1. The first kappa shape index (κ1) is 12.8. The van der Waals surface area contributed by atoms with Gasteiger partial charge in [0, 0.05) is 6.20 Å². The molecule has 0 saturated carbocycles. The maximum Gasteiger partial charge on any atom is 0.275 e. The summed E-state index contributed by atoms with van der Waals surface area (Å²) in [5.74, 6) is -0.515. The van der Waals surface area contributed by atoms with Crippen LogP contribution in [0.4, 0.5) is 10.1 Å². The van der Waals surface area contributed by atoms with Gasteiger partial charge in [-0.2, -0.15) is 0 Å². The van der Waals surface area contributed by atoms with E-state index in [9.17, 15) is 12.8 Å². The van der Waals surface area contributed by atoms with Crippen LogP contribution in [0, 0.1) is 5.82 Å². The quantitative estimate of drug-likeness (QED) is 0.935. The number of hydrogen-bond acceptors (Lipinski definition) is 5. The van der Waals surface area contributed by atoms with Crippen LogP contribution in [0.5, 0.6) is 5.75 Å². The van der Waals surface area contributed by atoms with Crippen molar-refractivity contribution in [3.8, 4) is 5.75 Å². The predicted octanol–water partition coefficient (Wildman–Crippen LogP) is 2.09. The second kappa shape index (κ2) is 4.91. The molecule has 0 atom stereocenters. The number of ether oxygens (including phenoxy) is 1. The van der Waals surface area contributed by atoms with E-state index in [4.69, 9.17) is 4.74 Å². The molecule has 0 aliphatic carbocycles. The lowest BCUT2D eigenvalue weighted by molar-refractivity contribution is 0.406. The fraction of sp³-hybridized carbons (Fsp3) is 0.100. The Morgan fingerprint density at radius 3 is 2.89 bits per heavy atom. The van der Waals surface area contributed by atoms with Crippen LogP contribution in [0.3, 0.4) is 0 Å². The van der Waals surface area contributed by atoms with Crippen molar-refractivity contribution in [2.24, 2.45) is 0 Å². The number of rotatable bonds is 4. The van der Waals surface area contributed by atoms with E-state index in [2.05, 4.69) is 9.71 Å². The molecule has 5 nitrogen and oxygen atoms in total. The van der Waals surface area contributed by atoms with Crippen molar-refractivity contribution in [3.05, 3.63) is 35.7 Å². The monoisotopic (exact) mass is 288 g/mol. The number of nitrogens with zero attached hydrogens (tertiary/aromatic N) is 1. The number of nitrogens with one attached hydrogen (secondary N) is 1.